The van der Waals surface area contributed by atoms with Crippen LogP contribution in [-0.2, 0) is 0 Å². The Bertz CT molecular complexity index is 105. The summed E-state index contributed by atoms with van der Waals surface area (Å²) in [6, 6.07) is 0. The third-order valence-electron chi connectivity index (χ3n) is 3.97. The molecule has 2 aliphatic carbocycles. The molecule has 2 rings (SSSR count). The molecule has 0 aromatic carbocycles. The third-order valence-corrected chi connectivity index (χ3v) is 3.97. The fourth-order valence-electron chi connectivity index (χ4n) is 3.21. The van der Waals surface area contributed by atoms with Crippen LogP contribution >= 0.6 is 0 Å². The Hall–Kier alpha value is 0.818. The molecule has 0 aromatic heterocycles. The van der Waals surface area contributed by atoms with Gasteiger partial charge in [0.2, 0.25) is 0 Å². The molecular formula is C12H25Sb. The van der Waals surface area contributed by atoms with Crippen LogP contribution in [0, 0.1) is 11.8 Å². The monoisotopic (exact) mass is 290 g/mol. The van der Waals surface area contributed by atoms with E-state index < -0.39 is 0 Å². The molecule has 0 aliphatic heterocycles. The molecule has 1 heteroatoms. The van der Waals surface area contributed by atoms with Crippen molar-refractivity contribution in [3.63, 3.8) is 0 Å². The van der Waals surface area contributed by atoms with Crippen molar-refractivity contribution in [2.45, 2.75) is 64.2 Å². The maximum absolute atomic E-state index is 1.56. The fourth-order valence-corrected chi connectivity index (χ4v) is 3.21. The molecule has 0 amide bonds. The van der Waals surface area contributed by atoms with Gasteiger partial charge in [-0.05, 0) is 11.8 Å². The van der Waals surface area contributed by atoms with Crippen LogP contribution in [0.25, 0.3) is 0 Å². The Morgan fingerprint density at radius 3 is 1.08 bits per heavy atom. The molecule has 0 radical (unpaired) electrons. The third kappa shape index (κ3) is 3.46. The molecule has 0 heterocycles. The normalized spacial score (nSPS) is 26.8. The molecule has 0 nitrogen and oxygen atoms in total. The van der Waals surface area contributed by atoms with E-state index in [9.17, 15) is 0 Å². The Kier molecular flexibility index (Phi) is 5.79. The van der Waals surface area contributed by atoms with Crippen LogP contribution in [0.2, 0.25) is 0 Å². The van der Waals surface area contributed by atoms with Gasteiger partial charge in [0.15, 0.2) is 0 Å². The van der Waals surface area contributed by atoms with E-state index in [1.807, 2.05) is 0 Å². The van der Waals surface area contributed by atoms with Gasteiger partial charge in [0.25, 0.3) is 0 Å². The topological polar surface area (TPSA) is 0 Å². The molecule has 0 atom stereocenters. The molecule has 78 valence electrons. The van der Waals surface area contributed by atoms with Gasteiger partial charge in [-0.25, -0.2) is 0 Å². The Labute approximate surface area is 100 Å². The average Bonchev–Trinajstić information content (AvgIpc) is 2.21. The summed E-state index contributed by atoms with van der Waals surface area (Å²) >= 11 is 0. The molecule has 2 fully saturated rings. The first-order valence-corrected chi connectivity index (χ1v) is 5.97. The van der Waals surface area contributed by atoms with Gasteiger partial charge < -0.3 is 0 Å². The molecule has 0 unspecified atom stereocenters. The molecule has 0 spiro atoms. The van der Waals surface area contributed by atoms with E-state index in [1.54, 1.807) is 25.7 Å². The van der Waals surface area contributed by atoms with Crippen molar-refractivity contribution in [3.05, 3.63) is 0 Å². The van der Waals surface area contributed by atoms with Crippen molar-refractivity contribution in [2.75, 3.05) is 0 Å². The SMILES string of the molecule is C1CCC(C2CCCCC2)CC1.[SbH3]. The van der Waals surface area contributed by atoms with Gasteiger partial charge in [-0.2, -0.15) is 0 Å². The van der Waals surface area contributed by atoms with Crippen LogP contribution in [0.15, 0.2) is 0 Å². The van der Waals surface area contributed by atoms with Gasteiger partial charge in [0.05, 0.1) is 0 Å². The first-order chi connectivity index (χ1) is 5.97. The first-order valence-electron chi connectivity index (χ1n) is 5.97. The van der Waals surface area contributed by atoms with Crippen LogP contribution in [0.5, 0.6) is 0 Å². The predicted octanol–water partition coefficient (Wildman–Crippen LogP) is 2.96. The van der Waals surface area contributed by atoms with Crippen molar-refractivity contribution in [1.29, 1.82) is 0 Å². The van der Waals surface area contributed by atoms with Crippen LogP contribution in [0.4, 0.5) is 0 Å². The molecule has 0 N–H and O–H groups in total. The molecule has 2 saturated carbocycles. The zero-order valence-electron chi connectivity index (χ0n) is 8.93. The number of hydrogen-bond donors (Lipinski definition) is 0. The van der Waals surface area contributed by atoms with Gasteiger partial charge in [-0.15, -0.1) is 0 Å². The van der Waals surface area contributed by atoms with E-state index in [-0.39, 0.29) is 24.4 Å². The van der Waals surface area contributed by atoms with Crippen molar-refractivity contribution in [3.8, 4) is 0 Å². The van der Waals surface area contributed by atoms with E-state index in [1.165, 1.54) is 38.5 Å². The minimum absolute atomic E-state index is 0. The molecule has 13 heavy (non-hydrogen) atoms. The zero-order valence-corrected chi connectivity index (χ0v) is 13.0. The second kappa shape index (κ2) is 6.33. The summed E-state index contributed by atoms with van der Waals surface area (Å²) in [6.07, 6.45) is 15.4. The van der Waals surface area contributed by atoms with Crippen LogP contribution in [-0.4, -0.2) is 24.4 Å². The quantitative estimate of drug-likeness (QED) is 0.652. The van der Waals surface area contributed by atoms with E-state index in [0.29, 0.717) is 0 Å². The zero-order chi connectivity index (χ0) is 8.23. The van der Waals surface area contributed by atoms with Crippen LogP contribution < -0.4 is 0 Å². The van der Waals surface area contributed by atoms with Crippen LogP contribution in [0.3, 0.4) is 0 Å². The standard InChI is InChI=1S/C12H22.Sb.3H/c1-3-7-11(8-4-1)12-9-5-2-6-10-12;;;;/h11-12H,1-10H2;;;;. The fraction of sp³-hybridized carbons (Fsp3) is 1.00. The Morgan fingerprint density at radius 2 is 0.769 bits per heavy atom. The van der Waals surface area contributed by atoms with E-state index in [4.69, 9.17) is 0 Å². The van der Waals surface area contributed by atoms with Crippen molar-refractivity contribution in [2.24, 2.45) is 11.8 Å². The van der Waals surface area contributed by atoms with Crippen LogP contribution in [0.1, 0.15) is 64.2 Å². The summed E-state index contributed by atoms with van der Waals surface area (Å²) in [6.45, 7) is 0. The van der Waals surface area contributed by atoms with Gasteiger partial charge in [0, 0.05) is 0 Å². The van der Waals surface area contributed by atoms with Gasteiger partial charge in [-0.3, -0.25) is 0 Å². The van der Waals surface area contributed by atoms with E-state index in [2.05, 4.69) is 0 Å². The summed E-state index contributed by atoms with van der Waals surface area (Å²) in [7, 11) is 0. The maximum atomic E-state index is 1.56. The van der Waals surface area contributed by atoms with Crippen molar-refractivity contribution < 1.29 is 0 Å². The van der Waals surface area contributed by atoms with Crippen molar-refractivity contribution in [1.82, 2.24) is 0 Å². The predicted molar refractivity (Wildman–Crippen MR) is 63.1 cm³/mol. The molecule has 2 aliphatic rings. The average molecular weight is 291 g/mol. The number of rotatable bonds is 1. The van der Waals surface area contributed by atoms with Gasteiger partial charge >= 0.3 is 24.4 Å². The Morgan fingerprint density at radius 1 is 0.462 bits per heavy atom. The first kappa shape index (κ1) is 11.9. The van der Waals surface area contributed by atoms with E-state index >= 15 is 0 Å². The van der Waals surface area contributed by atoms with Crippen molar-refractivity contribution >= 4 is 24.4 Å². The molecule has 0 saturated heterocycles. The Balaban J connectivity index is 0.000000845. The second-order valence-corrected chi connectivity index (χ2v) is 4.80. The van der Waals surface area contributed by atoms with Gasteiger partial charge in [-0.1, -0.05) is 64.2 Å². The summed E-state index contributed by atoms with van der Waals surface area (Å²) in [4.78, 5) is 0. The number of hydrogen-bond acceptors (Lipinski definition) is 0. The molecule has 0 bridgehead atoms. The van der Waals surface area contributed by atoms with Gasteiger partial charge in [0.1, 0.15) is 0 Å². The molecular weight excluding hydrogens is 266 g/mol. The second-order valence-electron chi connectivity index (χ2n) is 4.80. The molecule has 0 aromatic rings. The summed E-state index contributed by atoms with van der Waals surface area (Å²) in [5.41, 5.74) is 0. The summed E-state index contributed by atoms with van der Waals surface area (Å²) in [5.74, 6) is 2.28. The van der Waals surface area contributed by atoms with E-state index in [0.717, 1.165) is 11.8 Å². The summed E-state index contributed by atoms with van der Waals surface area (Å²) in [5, 5.41) is 0. The summed E-state index contributed by atoms with van der Waals surface area (Å²) < 4.78 is 0. The minimum atomic E-state index is 0.